The molecule has 1 aliphatic rings. The summed E-state index contributed by atoms with van der Waals surface area (Å²) in [7, 11) is 0. The van der Waals surface area contributed by atoms with Gasteiger partial charge < -0.3 is 15.7 Å². The number of carboxylic acid groups (broad SMARTS) is 1. The molecule has 0 spiro atoms. The van der Waals surface area contributed by atoms with Gasteiger partial charge in [-0.1, -0.05) is 6.07 Å². The molecular weight excluding hydrogens is 278 g/mol. The third-order valence-corrected chi connectivity index (χ3v) is 4.40. The van der Waals surface area contributed by atoms with E-state index in [4.69, 9.17) is 10.8 Å². The Hall–Kier alpha value is -1.44. The minimum Gasteiger partial charge on any atom is -0.481 e. The van der Waals surface area contributed by atoms with Gasteiger partial charge in [0.2, 0.25) is 5.91 Å². The molecule has 3 N–H and O–H groups in total. The zero-order valence-electron chi connectivity index (χ0n) is 11.2. The Morgan fingerprint density at radius 2 is 2.05 bits per heavy atom. The Morgan fingerprint density at radius 3 is 2.60 bits per heavy atom. The largest absolute Gasteiger partial charge is 0.481 e. The van der Waals surface area contributed by atoms with Crippen molar-refractivity contribution in [3.05, 3.63) is 22.4 Å². The molecule has 1 amide bonds. The van der Waals surface area contributed by atoms with Gasteiger partial charge in [-0.15, -0.1) is 11.3 Å². The van der Waals surface area contributed by atoms with Crippen LogP contribution in [0.2, 0.25) is 0 Å². The van der Waals surface area contributed by atoms with Crippen molar-refractivity contribution in [1.29, 1.82) is 0 Å². The average Bonchev–Trinajstić information content (AvgIpc) is 2.98. The van der Waals surface area contributed by atoms with Crippen molar-refractivity contribution >= 4 is 23.2 Å². The monoisotopic (exact) mass is 297 g/mol. The summed E-state index contributed by atoms with van der Waals surface area (Å²) in [5, 5.41) is 10.6. The number of piperazine rings is 1. The quantitative estimate of drug-likeness (QED) is 0.820. The van der Waals surface area contributed by atoms with Gasteiger partial charge in [0.25, 0.3) is 0 Å². The van der Waals surface area contributed by atoms with E-state index in [0.29, 0.717) is 32.7 Å². The number of carbonyl (C=O) groups is 2. The van der Waals surface area contributed by atoms with E-state index in [9.17, 15) is 9.59 Å². The van der Waals surface area contributed by atoms with Gasteiger partial charge in [0.15, 0.2) is 0 Å². The summed E-state index contributed by atoms with van der Waals surface area (Å²) in [6.07, 6.45) is 0.142. The van der Waals surface area contributed by atoms with E-state index in [1.54, 1.807) is 4.90 Å². The SMILES string of the molecule is NC(C(=O)N1CCN(CCC(=O)O)CC1)c1cccs1. The van der Waals surface area contributed by atoms with E-state index >= 15 is 0 Å². The number of nitrogens with two attached hydrogens (primary N) is 1. The smallest absolute Gasteiger partial charge is 0.304 e. The van der Waals surface area contributed by atoms with E-state index in [-0.39, 0.29) is 12.3 Å². The lowest BCUT2D eigenvalue weighted by atomic mass is 10.2. The Morgan fingerprint density at radius 1 is 1.35 bits per heavy atom. The van der Waals surface area contributed by atoms with Gasteiger partial charge >= 0.3 is 5.97 Å². The minimum atomic E-state index is -0.789. The first kappa shape index (κ1) is 15.0. The van der Waals surface area contributed by atoms with Crippen LogP contribution in [0.3, 0.4) is 0 Å². The van der Waals surface area contributed by atoms with Crippen molar-refractivity contribution in [3.8, 4) is 0 Å². The average molecular weight is 297 g/mol. The van der Waals surface area contributed by atoms with Crippen LogP contribution in [0.25, 0.3) is 0 Å². The molecule has 0 saturated carbocycles. The third kappa shape index (κ3) is 3.78. The van der Waals surface area contributed by atoms with Crippen LogP contribution in [0.5, 0.6) is 0 Å². The molecule has 7 heteroatoms. The van der Waals surface area contributed by atoms with Crippen molar-refractivity contribution in [3.63, 3.8) is 0 Å². The Balaban J connectivity index is 1.81. The van der Waals surface area contributed by atoms with Crippen molar-refractivity contribution in [2.75, 3.05) is 32.7 Å². The second-order valence-electron chi connectivity index (χ2n) is 4.80. The fraction of sp³-hybridized carbons (Fsp3) is 0.538. The lowest BCUT2D eigenvalue weighted by molar-refractivity contribution is -0.138. The lowest BCUT2D eigenvalue weighted by Gasteiger charge is -2.35. The molecule has 1 aliphatic heterocycles. The molecule has 1 unspecified atom stereocenters. The fourth-order valence-corrected chi connectivity index (χ4v) is 2.95. The summed E-state index contributed by atoms with van der Waals surface area (Å²) in [6.45, 7) is 3.16. The summed E-state index contributed by atoms with van der Waals surface area (Å²) in [5.74, 6) is -0.839. The number of carboxylic acids is 1. The number of rotatable bonds is 5. The van der Waals surface area contributed by atoms with E-state index in [1.807, 2.05) is 17.5 Å². The first-order valence-electron chi connectivity index (χ1n) is 6.60. The van der Waals surface area contributed by atoms with Crippen LogP contribution < -0.4 is 5.73 Å². The number of carbonyl (C=O) groups excluding carboxylic acids is 1. The number of hydrogen-bond acceptors (Lipinski definition) is 5. The normalized spacial score (nSPS) is 17.9. The van der Waals surface area contributed by atoms with Gasteiger partial charge in [-0.3, -0.25) is 14.5 Å². The predicted molar refractivity (Wildman–Crippen MR) is 76.5 cm³/mol. The summed E-state index contributed by atoms with van der Waals surface area (Å²) in [4.78, 5) is 27.5. The maximum atomic E-state index is 12.3. The van der Waals surface area contributed by atoms with Gasteiger partial charge in [-0.25, -0.2) is 0 Å². The van der Waals surface area contributed by atoms with Crippen LogP contribution in [-0.4, -0.2) is 59.5 Å². The number of nitrogens with zero attached hydrogens (tertiary/aromatic N) is 2. The molecule has 0 radical (unpaired) electrons. The summed E-state index contributed by atoms with van der Waals surface area (Å²) in [6, 6.07) is 3.17. The van der Waals surface area contributed by atoms with Crippen molar-refractivity contribution in [2.24, 2.45) is 5.73 Å². The van der Waals surface area contributed by atoms with E-state index in [2.05, 4.69) is 4.90 Å². The standard InChI is InChI=1S/C13H19N3O3S/c14-12(10-2-1-9-20-10)13(19)16-7-5-15(6-8-16)4-3-11(17)18/h1-2,9,12H,3-8,14H2,(H,17,18). The molecule has 2 rings (SSSR count). The lowest BCUT2D eigenvalue weighted by Crippen LogP contribution is -2.51. The van der Waals surface area contributed by atoms with Crippen LogP contribution in [0.15, 0.2) is 17.5 Å². The molecule has 0 aliphatic carbocycles. The van der Waals surface area contributed by atoms with Gasteiger partial charge in [0.05, 0.1) is 6.42 Å². The zero-order valence-corrected chi connectivity index (χ0v) is 12.0. The summed E-state index contributed by atoms with van der Waals surface area (Å²) >= 11 is 1.49. The molecule has 6 nitrogen and oxygen atoms in total. The van der Waals surface area contributed by atoms with Crippen LogP contribution in [0.4, 0.5) is 0 Å². The molecule has 1 fully saturated rings. The highest BCUT2D eigenvalue weighted by Crippen LogP contribution is 2.19. The van der Waals surface area contributed by atoms with Crippen LogP contribution in [0.1, 0.15) is 17.3 Å². The van der Waals surface area contributed by atoms with Crippen molar-refractivity contribution in [1.82, 2.24) is 9.80 Å². The highest BCUT2D eigenvalue weighted by atomic mass is 32.1. The Labute approximate surface area is 121 Å². The molecule has 1 aromatic rings. The maximum Gasteiger partial charge on any atom is 0.304 e. The fourth-order valence-electron chi connectivity index (χ4n) is 2.23. The number of thiophene rings is 1. The summed E-state index contributed by atoms with van der Waals surface area (Å²) in [5.41, 5.74) is 5.97. The molecule has 0 aromatic carbocycles. The Bertz CT molecular complexity index is 455. The molecule has 110 valence electrons. The number of aliphatic carboxylic acids is 1. The van der Waals surface area contributed by atoms with E-state index in [1.165, 1.54) is 11.3 Å². The predicted octanol–water partition coefficient (Wildman–Crippen LogP) is 0.367. The minimum absolute atomic E-state index is 0.0506. The molecule has 1 saturated heterocycles. The second-order valence-corrected chi connectivity index (χ2v) is 5.78. The highest BCUT2D eigenvalue weighted by molar-refractivity contribution is 7.10. The highest BCUT2D eigenvalue weighted by Gasteiger charge is 2.26. The number of amides is 1. The van der Waals surface area contributed by atoms with Gasteiger partial charge in [0, 0.05) is 37.6 Å². The van der Waals surface area contributed by atoms with Crippen LogP contribution in [-0.2, 0) is 9.59 Å². The number of hydrogen-bond donors (Lipinski definition) is 2. The first-order valence-corrected chi connectivity index (χ1v) is 7.48. The van der Waals surface area contributed by atoms with Crippen molar-refractivity contribution < 1.29 is 14.7 Å². The second kappa shape index (κ2) is 6.83. The molecule has 0 bridgehead atoms. The topological polar surface area (TPSA) is 86.9 Å². The van der Waals surface area contributed by atoms with Gasteiger partial charge in [0.1, 0.15) is 6.04 Å². The van der Waals surface area contributed by atoms with Crippen molar-refractivity contribution in [2.45, 2.75) is 12.5 Å². The Kier molecular flexibility index (Phi) is 5.11. The van der Waals surface area contributed by atoms with Crippen LogP contribution in [0, 0.1) is 0 Å². The molecule has 1 atom stereocenters. The van der Waals surface area contributed by atoms with Gasteiger partial charge in [-0.05, 0) is 11.4 Å². The van der Waals surface area contributed by atoms with E-state index < -0.39 is 12.0 Å². The van der Waals surface area contributed by atoms with Gasteiger partial charge in [-0.2, -0.15) is 0 Å². The molecule has 1 aromatic heterocycles. The first-order chi connectivity index (χ1) is 9.58. The van der Waals surface area contributed by atoms with E-state index in [0.717, 1.165) is 4.88 Å². The third-order valence-electron chi connectivity index (χ3n) is 3.44. The maximum absolute atomic E-state index is 12.3. The molecule has 2 heterocycles. The zero-order chi connectivity index (χ0) is 14.5. The van der Waals surface area contributed by atoms with Crippen LogP contribution >= 0.6 is 11.3 Å². The summed E-state index contributed by atoms with van der Waals surface area (Å²) < 4.78 is 0. The molecule has 20 heavy (non-hydrogen) atoms. The molecular formula is C13H19N3O3S.